The Hall–Kier alpha value is -2.23. The summed E-state index contributed by atoms with van der Waals surface area (Å²) >= 11 is 0. The molecule has 2 nitrogen and oxygen atoms in total. The molecule has 0 saturated carbocycles. The summed E-state index contributed by atoms with van der Waals surface area (Å²) < 4.78 is 26.0. The Bertz CT molecular complexity index is 564. The molecular weight excluding hydrogens is 260 g/mol. The predicted molar refractivity (Wildman–Crippen MR) is 73.5 cm³/mol. The highest BCUT2D eigenvalue weighted by Gasteiger charge is 2.08. The third-order valence-corrected chi connectivity index (χ3v) is 2.90. The van der Waals surface area contributed by atoms with E-state index in [9.17, 15) is 13.6 Å². The van der Waals surface area contributed by atoms with Gasteiger partial charge in [0.05, 0.1) is 0 Å². The second-order valence-electron chi connectivity index (χ2n) is 4.50. The van der Waals surface area contributed by atoms with Crippen molar-refractivity contribution >= 4 is 5.91 Å². The number of benzene rings is 2. The normalized spacial score (nSPS) is 10.3. The highest BCUT2D eigenvalue weighted by molar-refractivity contribution is 5.94. The summed E-state index contributed by atoms with van der Waals surface area (Å²) in [6.07, 6.45) is 1.62. The summed E-state index contributed by atoms with van der Waals surface area (Å²) in [4.78, 5) is 11.7. The Kier molecular flexibility index (Phi) is 4.82. The standard InChI is InChI=1S/C16H15F2NO/c17-14-9-13(10-15(18)11-14)16(20)19-8-4-7-12-5-2-1-3-6-12/h1-3,5-6,9-11H,4,7-8H2,(H,19,20). The Labute approximate surface area is 116 Å². The van der Waals surface area contributed by atoms with E-state index in [1.165, 1.54) is 5.56 Å². The van der Waals surface area contributed by atoms with E-state index < -0.39 is 17.5 Å². The smallest absolute Gasteiger partial charge is 0.251 e. The van der Waals surface area contributed by atoms with Crippen molar-refractivity contribution in [1.82, 2.24) is 5.32 Å². The first kappa shape index (κ1) is 14.2. The van der Waals surface area contributed by atoms with Gasteiger partial charge in [0, 0.05) is 18.2 Å². The number of carbonyl (C=O) groups is 1. The van der Waals surface area contributed by atoms with Crippen LogP contribution in [-0.4, -0.2) is 12.5 Å². The maximum Gasteiger partial charge on any atom is 0.251 e. The van der Waals surface area contributed by atoms with E-state index in [0.717, 1.165) is 31.0 Å². The Morgan fingerprint density at radius 3 is 2.30 bits per heavy atom. The molecule has 0 aliphatic heterocycles. The lowest BCUT2D eigenvalue weighted by atomic mass is 10.1. The topological polar surface area (TPSA) is 29.1 Å². The maximum atomic E-state index is 13.0. The molecule has 0 saturated heterocycles. The fraction of sp³-hybridized carbons (Fsp3) is 0.188. The molecule has 0 unspecified atom stereocenters. The second-order valence-corrected chi connectivity index (χ2v) is 4.50. The zero-order valence-corrected chi connectivity index (χ0v) is 10.9. The molecule has 1 N–H and O–H groups in total. The minimum absolute atomic E-state index is 0.00205. The van der Waals surface area contributed by atoms with Gasteiger partial charge in [-0.2, -0.15) is 0 Å². The van der Waals surface area contributed by atoms with Crippen molar-refractivity contribution < 1.29 is 13.6 Å². The van der Waals surface area contributed by atoms with Crippen molar-refractivity contribution in [3.05, 3.63) is 71.3 Å². The molecular formula is C16H15F2NO. The van der Waals surface area contributed by atoms with Crippen LogP contribution in [0.5, 0.6) is 0 Å². The van der Waals surface area contributed by atoms with E-state index in [0.29, 0.717) is 6.54 Å². The fourth-order valence-electron chi connectivity index (χ4n) is 1.93. The maximum absolute atomic E-state index is 13.0. The van der Waals surface area contributed by atoms with E-state index in [2.05, 4.69) is 5.32 Å². The van der Waals surface area contributed by atoms with Gasteiger partial charge < -0.3 is 5.32 Å². The molecule has 2 aromatic carbocycles. The molecule has 104 valence electrons. The molecule has 0 fully saturated rings. The van der Waals surface area contributed by atoms with Crippen LogP contribution in [0.15, 0.2) is 48.5 Å². The molecule has 0 radical (unpaired) electrons. The number of hydrogen-bond acceptors (Lipinski definition) is 1. The van der Waals surface area contributed by atoms with Crippen molar-refractivity contribution in [3.63, 3.8) is 0 Å². The highest BCUT2D eigenvalue weighted by Crippen LogP contribution is 2.08. The Morgan fingerprint density at radius 1 is 1.00 bits per heavy atom. The van der Waals surface area contributed by atoms with Crippen LogP contribution in [0.25, 0.3) is 0 Å². The number of rotatable bonds is 5. The van der Waals surface area contributed by atoms with Gasteiger partial charge in [-0.15, -0.1) is 0 Å². The third-order valence-electron chi connectivity index (χ3n) is 2.90. The largest absolute Gasteiger partial charge is 0.352 e. The summed E-state index contributed by atoms with van der Waals surface area (Å²) in [5, 5.41) is 2.65. The molecule has 0 heterocycles. The molecule has 0 spiro atoms. The average molecular weight is 275 g/mol. The zero-order valence-electron chi connectivity index (χ0n) is 10.9. The van der Waals surface area contributed by atoms with Crippen LogP contribution >= 0.6 is 0 Å². The Morgan fingerprint density at radius 2 is 1.65 bits per heavy atom. The summed E-state index contributed by atoms with van der Waals surface area (Å²) in [6, 6.07) is 12.7. The second kappa shape index (κ2) is 6.80. The minimum atomic E-state index is -0.751. The molecule has 0 atom stereocenters. The minimum Gasteiger partial charge on any atom is -0.352 e. The first-order valence-electron chi connectivity index (χ1n) is 6.43. The molecule has 0 aromatic heterocycles. The van der Waals surface area contributed by atoms with Crippen molar-refractivity contribution in [3.8, 4) is 0 Å². The quantitative estimate of drug-likeness (QED) is 0.833. The third kappa shape index (κ3) is 4.16. The molecule has 0 bridgehead atoms. The number of hydrogen-bond donors (Lipinski definition) is 1. The van der Waals surface area contributed by atoms with Gasteiger partial charge in [-0.05, 0) is 30.5 Å². The van der Waals surface area contributed by atoms with Gasteiger partial charge in [0.1, 0.15) is 11.6 Å². The molecule has 2 rings (SSSR count). The van der Waals surface area contributed by atoms with Crippen LogP contribution in [0, 0.1) is 11.6 Å². The van der Waals surface area contributed by atoms with Crippen LogP contribution in [0.4, 0.5) is 8.78 Å². The van der Waals surface area contributed by atoms with Crippen molar-refractivity contribution in [2.45, 2.75) is 12.8 Å². The average Bonchev–Trinajstić information content (AvgIpc) is 2.43. The first-order valence-corrected chi connectivity index (χ1v) is 6.43. The van der Waals surface area contributed by atoms with Gasteiger partial charge >= 0.3 is 0 Å². The number of aryl methyl sites for hydroxylation is 1. The van der Waals surface area contributed by atoms with Crippen LogP contribution in [0.2, 0.25) is 0 Å². The summed E-state index contributed by atoms with van der Waals surface area (Å²) in [5.74, 6) is -1.96. The van der Waals surface area contributed by atoms with Gasteiger partial charge in [-0.1, -0.05) is 30.3 Å². The fourth-order valence-corrected chi connectivity index (χ4v) is 1.93. The van der Waals surface area contributed by atoms with Crippen molar-refractivity contribution in [2.75, 3.05) is 6.54 Å². The number of carbonyl (C=O) groups excluding carboxylic acids is 1. The molecule has 4 heteroatoms. The Balaban J connectivity index is 1.80. The summed E-state index contributed by atoms with van der Waals surface area (Å²) in [6.45, 7) is 0.464. The number of nitrogens with one attached hydrogen (secondary N) is 1. The van der Waals surface area contributed by atoms with Gasteiger partial charge in [-0.3, -0.25) is 4.79 Å². The van der Waals surface area contributed by atoms with E-state index >= 15 is 0 Å². The molecule has 2 aromatic rings. The lowest BCUT2D eigenvalue weighted by molar-refractivity contribution is 0.0952. The first-order chi connectivity index (χ1) is 9.65. The van der Waals surface area contributed by atoms with Gasteiger partial charge in [0.25, 0.3) is 5.91 Å². The molecule has 0 aliphatic carbocycles. The van der Waals surface area contributed by atoms with Crippen LogP contribution < -0.4 is 5.32 Å². The van der Waals surface area contributed by atoms with Crippen molar-refractivity contribution in [1.29, 1.82) is 0 Å². The zero-order chi connectivity index (χ0) is 14.4. The van der Waals surface area contributed by atoms with E-state index in [-0.39, 0.29) is 5.56 Å². The van der Waals surface area contributed by atoms with Crippen LogP contribution in [0.3, 0.4) is 0 Å². The van der Waals surface area contributed by atoms with Crippen molar-refractivity contribution in [2.24, 2.45) is 0 Å². The van der Waals surface area contributed by atoms with Crippen LogP contribution in [0.1, 0.15) is 22.3 Å². The number of halogens is 2. The molecule has 20 heavy (non-hydrogen) atoms. The van der Waals surface area contributed by atoms with E-state index in [1.807, 2.05) is 30.3 Å². The lowest BCUT2D eigenvalue weighted by Gasteiger charge is -2.06. The molecule has 1 amide bonds. The van der Waals surface area contributed by atoms with Gasteiger partial charge in [0.15, 0.2) is 0 Å². The van der Waals surface area contributed by atoms with E-state index in [4.69, 9.17) is 0 Å². The summed E-state index contributed by atoms with van der Waals surface area (Å²) in [7, 11) is 0. The predicted octanol–water partition coefficient (Wildman–Crippen LogP) is 3.33. The lowest BCUT2D eigenvalue weighted by Crippen LogP contribution is -2.25. The highest BCUT2D eigenvalue weighted by atomic mass is 19.1. The summed E-state index contributed by atoms with van der Waals surface area (Å²) in [5.41, 5.74) is 1.20. The number of amides is 1. The molecule has 0 aliphatic rings. The van der Waals surface area contributed by atoms with Gasteiger partial charge in [0.2, 0.25) is 0 Å². The monoisotopic (exact) mass is 275 g/mol. The van der Waals surface area contributed by atoms with Gasteiger partial charge in [-0.25, -0.2) is 8.78 Å². The van der Waals surface area contributed by atoms with E-state index in [1.54, 1.807) is 0 Å². The van der Waals surface area contributed by atoms with Crippen LogP contribution in [-0.2, 0) is 6.42 Å². The SMILES string of the molecule is O=C(NCCCc1ccccc1)c1cc(F)cc(F)c1.